The van der Waals surface area contributed by atoms with Crippen LogP contribution in [0.4, 0.5) is 5.13 Å². The Balaban J connectivity index is 2.42. The monoisotopic (exact) mass is 226 g/mol. The minimum absolute atomic E-state index is 0.482. The molecule has 0 aliphatic rings. The Kier molecular flexibility index (Phi) is 2.30. The number of nitrogen functional groups attached to an aromatic ring is 1. The fourth-order valence-corrected chi connectivity index (χ4v) is 2.71. The molecule has 2 rings (SSSR count). The number of rotatable bonds is 2. The van der Waals surface area contributed by atoms with Gasteiger partial charge in [0.05, 0.1) is 4.88 Å². The number of aromatic nitrogens is 1. The first-order chi connectivity index (χ1) is 6.60. The summed E-state index contributed by atoms with van der Waals surface area (Å²) in [6.45, 7) is 1.75. The van der Waals surface area contributed by atoms with Gasteiger partial charge < -0.3 is 10.8 Å². The SMILES string of the molecule is CC(O)(c1ccsc1)c1cnc(N)s1. The number of anilines is 1. The first kappa shape index (κ1) is 9.64. The molecular formula is C9H10N2OS2. The fourth-order valence-electron chi connectivity index (χ4n) is 1.20. The number of aliphatic hydroxyl groups is 1. The van der Waals surface area contributed by atoms with E-state index in [9.17, 15) is 5.11 Å². The maximum atomic E-state index is 10.3. The van der Waals surface area contributed by atoms with Gasteiger partial charge in [-0.05, 0) is 29.3 Å². The Morgan fingerprint density at radius 2 is 2.36 bits per heavy atom. The molecule has 0 saturated carbocycles. The molecule has 0 radical (unpaired) electrons. The van der Waals surface area contributed by atoms with E-state index >= 15 is 0 Å². The van der Waals surface area contributed by atoms with Crippen LogP contribution in [-0.2, 0) is 5.60 Å². The maximum Gasteiger partial charge on any atom is 0.180 e. The van der Waals surface area contributed by atoms with Gasteiger partial charge in [0, 0.05) is 6.20 Å². The van der Waals surface area contributed by atoms with Gasteiger partial charge in [-0.25, -0.2) is 4.98 Å². The molecule has 1 atom stereocenters. The van der Waals surface area contributed by atoms with Gasteiger partial charge in [-0.1, -0.05) is 11.3 Å². The molecule has 14 heavy (non-hydrogen) atoms. The molecule has 0 spiro atoms. The number of hydrogen-bond donors (Lipinski definition) is 2. The average Bonchev–Trinajstić information content (AvgIpc) is 2.72. The van der Waals surface area contributed by atoms with Crippen LogP contribution in [0.15, 0.2) is 23.0 Å². The van der Waals surface area contributed by atoms with Crippen LogP contribution in [0.25, 0.3) is 0 Å². The predicted molar refractivity (Wildman–Crippen MR) is 59.5 cm³/mol. The molecule has 74 valence electrons. The van der Waals surface area contributed by atoms with Gasteiger partial charge in [0.2, 0.25) is 0 Å². The quantitative estimate of drug-likeness (QED) is 0.824. The standard InChI is InChI=1S/C9H10N2OS2/c1-9(12,6-2-3-13-5-6)7-4-11-8(10)14-7/h2-5,12H,1H3,(H2,10,11). The smallest absolute Gasteiger partial charge is 0.180 e. The summed E-state index contributed by atoms with van der Waals surface area (Å²) in [5, 5.41) is 14.6. The molecule has 2 aromatic heterocycles. The maximum absolute atomic E-state index is 10.3. The van der Waals surface area contributed by atoms with Crippen molar-refractivity contribution in [2.75, 3.05) is 5.73 Å². The molecule has 3 N–H and O–H groups in total. The van der Waals surface area contributed by atoms with E-state index in [1.54, 1.807) is 24.5 Å². The van der Waals surface area contributed by atoms with Crippen LogP contribution in [0.2, 0.25) is 0 Å². The van der Waals surface area contributed by atoms with E-state index in [0.717, 1.165) is 10.4 Å². The first-order valence-corrected chi connectivity index (χ1v) is 5.83. The van der Waals surface area contributed by atoms with Crippen molar-refractivity contribution < 1.29 is 5.11 Å². The number of thiazole rings is 1. The summed E-state index contributed by atoms with van der Waals surface area (Å²) in [6.07, 6.45) is 1.62. The van der Waals surface area contributed by atoms with Crippen molar-refractivity contribution in [1.82, 2.24) is 4.98 Å². The van der Waals surface area contributed by atoms with E-state index in [1.165, 1.54) is 11.3 Å². The molecule has 3 nitrogen and oxygen atoms in total. The lowest BCUT2D eigenvalue weighted by Gasteiger charge is -2.19. The van der Waals surface area contributed by atoms with Crippen LogP contribution in [0, 0.1) is 0 Å². The third-order valence-electron chi connectivity index (χ3n) is 2.09. The summed E-state index contributed by atoms with van der Waals surface area (Å²) >= 11 is 2.88. The molecule has 0 aliphatic heterocycles. The van der Waals surface area contributed by atoms with E-state index in [0.29, 0.717) is 5.13 Å². The molecular weight excluding hydrogens is 216 g/mol. The molecule has 2 aromatic rings. The predicted octanol–water partition coefficient (Wildman–Crippen LogP) is 2.04. The molecule has 5 heteroatoms. The summed E-state index contributed by atoms with van der Waals surface area (Å²) < 4.78 is 0. The van der Waals surface area contributed by atoms with Gasteiger partial charge >= 0.3 is 0 Å². The third kappa shape index (κ3) is 1.54. The lowest BCUT2D eigenvalue weighted by atomic mass is 9.98. The summed E-state index contributed by atoms with van der Waals surface area (Å²) in [7, 11) is 0. The van der Waals surface area contributed by atoms with E-state index in [2.05, 4.69) is 4.98 Å². The highest BCUT2D eigenvalue weighted by Gasteiger charge is 2.28. The minimum atomic E-state index is -0.977. The second kappa shape index (κ2) is 3.34. The number of hydrogen-bond acceptors (Lipinski definition) is 5. The van der Waals surface area contributed by atoms with E-state index in [1.807, 2.05) is 16.8 Å². The number of nitrogens with zero attached hydrogens (tertiary/aromatic N) is 1. The van der Waals surface area contributed by atoms with Crippen LogP contribution in [0.3, 0.4) is 0 Å². The van der Waals surface area contributed by atoms with E-state index in [4.69, 9.17) is 5.73 Å². The van der Waals surface area contributed by atoms with Crippen molar-refractivity contribution in [2.24, 2.45) is 0 Å². The van der Waals surface area contributed by atoms with Crippen LogP contribution in [-0.4, -0.2) is 10.1 Å². The Hall–Kier alpha value is -0.910. The molecule has 0 bridgehead atoms. The molecule has 1 unspecified atom stereocenters. The van der Waals surface area contributed by atoms with Crippen molar-refractivity contribution in [3.8, 4) is 0 Å². The zero-order chi connectivity index (χ0) is 10.2. The highest BCUT2D eigenvalue weighted by Crippen LogP contribution is 2.34. The van der Waals surface area contributed by atoms with Crippen molar-refractivity contribution in [3.63, 3.8) is 0 Å². The minimum Gasteiger partial charge on any atom is -0.380 e. The van der Waals surface area contributed by atoms with Crippen molar-refractivity contribution in [1.29, 1.82) is 0 Å². The molecule has 0 fully saturated rings. The average molecular weight is 226 g/mol. The van der Waals surface area contributed by atoms with Crippen LogP contribution in [0.5, 0.6) is 0 Å². The molecule has 0 aliphatic carbocycles. The molecule has 2 heterocycles. The zero-order valence-corrected chi connectivity index (χ0v) is 9.23. The normalized spacial score (nSPS) is 15.3. The fraction of sp³-hybridized carbons (Fsp3) is 0.222. The van der Waals surface area contributed by atoms with E-state index < -0.39 is 5.60 Å². The van der Waals surface area contributed by atoms with Crippen molar-refractivity contribution in [3.05, 3.63) is 33.5 Å². The van der Waals surface area contributed by atoms with Crippen LogP contribution in [0.1, 0.15) is 17.4 Å². The molecule has 0 aromatic carbocycles. The number of nitrogens with two attached hydrogens (primary N) is 1. The molecule has 0 saturated heterocycles. The van der Waals surface area contributed by atoms with Crippen molar-refractivity contribution >= 4 is 27.8 Å². The largest absolute Gasteiger partial charge is 0.380 e. The number of thiophene rings is 1. The van der Waals surface area contributed by atoms with Crippen LogP contribution >= 0.6 is 22.7 Å². The summed E-state index contributed by atoms with van der Waals surface area (Å²) in [4.78, 5) is 4.70. The van der Waals surface area contributed by atoms with Crippen LogP contribution < -0.4 is 5.73 Å². The van der Waals surface area contributed by atoms with Gasteiger partial charge in [0.25, 0.3) is 0 Å². The Labute approximate surface area is 89.9 Å². The summed E-state index contributed by atoms with van der Waals surface area (Å²) in [5.41, 5.74) is 5.43. The van der Waals surface area contributed by atoms with Gasteiger partial charge in [0.15, 0.2) is 5.13 Å². The third-order valence-corrected chi connectivity index (χ3v) is 3.81. The second-order valence-corrected chi connectivity index (χ2v) is 4.99. The van der Waals surface area contributed by atoms with Gasteiger partial charge in [-0.15, -0.1) is 0 Å². The topological polar surface area (TPSA) is 59.1 Å². The zero-order valence-electron chi connectivity index (χ0n) is 7.60. The summed E-state index contributed by atoms with van der Waals surface area (Å²) in [6, 6.07) is 1.90. The van der Waals surface area contributed by atoms with Gasteiger partial charge in [-0.2, -0.15) is 11.3 Å². The van der Waals surface area contributed by atoms with E-state index in [-0.39, 0.29) is 0 Å². The van der Waals surface area contributed by atoms with Crippen molar-refractivity contribution in [2.45, 2.75) is 12.5 Å². The highest BCUT2D eigenvalue weighted by atomic mass is 32.1. The van der Waals surface area contributed by atoms with Gasteiger partial charge in [-0.3, -0.25) is 0 Å². The highest BCUT2D eigenvalue weighted by molar-refractivity contribution is 7.15. The lowest BCUT2D eigenvalue weighted by molar-refractivity contribution is 0.106. The Morgan fingerprint density at radius 1 is 1.57 bits per heavy atom. The first-order valence-electron chi connectivity index (χ1n) is 4.07. The Bertz CT molecular complexity index is 420. The van der Waals surface area contributed by atoms with Gasteiger partial charge in [0.1, 0.15) is 5.60 Å². The summed E-state index contributed by atoms with van der Waals surface area (Å²) in [5.74, 6) is 0. The molecule has 0 amide bonds. The Morgan fingerprint density at radius 3 is 2.86 bits per heavy atom. The lowest BCUT2D eigenvalue weighted by Crippen LogP contribution is -2.20. The second-order valence-electron chi connectivity index (χ2n) is 3.15.